The molecule has 1 aliphatic carbocycles. The first kappa shape index (κ1) is 19.2. The summed E-state index contributed by atoms with van der Waals surface area (Å²) in [6.07, 6.45) is 3.21. The number of halogens is 2. The van der Waals surface area contributed by atoms with E-state index in [0.29, 0.717) is 17.9 Å². The molecule has 1 fully saturated rings. The number of hydrogen-bond donors (Lipinski definition) is 0. The van der Waals surface area contributed by atoms with Crippen molar-refractivity contribution in [2.75, 3.05) is 20.2 Å². The second-order valence-electron chi connectivity index (χ2n) is 7.33. The number of likely N-dealkylation sites (tertiary alicyclic amines) is 1. The Hall–Kier alpha value is -1.58. The van der Waals surface area contributed by atoms with Crippen LogP contribution in [0.1, 0.15) is 36.0 Å². The van der Waals surface area contributed by atoms with Crippen LogP contribution in [0, 0.1) is 11.7 Å². The number of rotatable bonds is 4. The zero-order chi connectivity index (χ0) is 17.4. The van der Waals surface area contributed by atoms with Gasteiger partial charge in [-0.3, -0.25) is 4.90 Å². The summed E-state index contributed by atoms with van der Waals surface area (Å²) < 4.78 is 19.2. The maximum Gasteiger partial charge on any atom is 0.123 e. The van der Waals surface area contributed by atoms with Gasteiger partial charge in [-0.2, -0.15) is 0 Å². The highest BCUT2D eigenvalue weighted by Crippen LogP contribution is 2.47. The Morgan fingerprint density at radius 1 is 1.19 bits per heavy atom. The summed E-state index contributed by atoms with van der Waals surface area (Å²) in [7, 11) is 1.77. The van der Waals surface area contributed by atoms with Crippen molar-refractivity contribution in [2.24, 2.45) is 5.92 Å². The highest BCUT2D eigenvalue weighted by Gasteiger charge is 2.44. The predicted molar refractivity (Wildman–Crippen MR) is 106 cm³/mol. The largest absolute Gasteiger partial charge is 0.496 e. The first-order valence-corrected chi connectivity index (χ1v) is 9.35. The molecule has 3 atom stereocenters. The third-order valence-corrected chi connectivity index (χ3v) is 6.17. The van der Waals surface area contributed by atoms with Crippen molar-refractivity contribution in [1.29, 1.82) is 0 Å². The molecule has 140 valence electrons. The summed E-state index contributed by atoms with van der Waals surface area (Å²) in [5.74, 6) is 2.11. The SMILES string of the molecule is CCN1C[C@@H]2c3cccc(OC)c3CCC2[C@H]1Cc1cccc(F)c1.Cl. The molecule has 26 heavy (non-hydrogen) atoms. The smallest absolute Gasteiger partial charge is 0.123 e. The lowest BCUT2D eigenvalue weighted by atomic mass is 9.73. The Labute approximate surface area is 161 Å². The summed E-state index contributed by atoms with van der Waals surface area (Å²) in [5, 5.41) is 0. The van der Waals surface area contributed by atoms with Crippen LogP contribution in [0.2, 0.25) is 0 Å². The van der Waals surface area contributed by atoms with Crippen LogP contribution in [-0.4, -0.2) is 31.1 Å². The first-order valence-electron chi connectivity index (χ1n) is 9.35. The van der Waals surface area contributed by atoms with Gasteiger partial charge in [-0.25, -0.2) is 4.39 Å². The second kappa shape index (κ2) is 7.98. The van der Waals surface area contributed by atoms with Crippen molar-refractivity contribution < 1.29 is 9.13 Å². The van der Waals surface area contributed by atoms with Gasteiger partial charge in [0.05, 0.1) is 7.11 Å². The van der Waals surface area contributed by atoms with E-state index in [-0.39, 0.29) is 18.2 Å². The maximum atomic E-state index is 13.6. The molecule has 1 unspecified atom stereocenters. The minimum atomic E-state index is -0.131. The quantitative estimate of drug-likeness (QED) is 0.757. The lowest BCUT2D eigenvalue weighted by Gasteiger charge is -2.32. The van der Waals surface area contributed by atoms with Gasteiger partial charge >= 0.3 is 0 Å². The minimum Gasteiger partial charge on any atom is -0.496 e. The van der Waals surface area contributed by atoms with Gasteiger partial charge in [-0.15, -0.1) is 12.4 Å². The summed E-state index contributed by atoms with van der Waals surface area (Å²) in [4.78, 5) is 2.59. The highest BCUT2D eigenvalue weighted by molar-refractivity contribution is 5.85. The Morgan fingerprint density at radius 3 is 2.73 bits per heavy atom. The van der Waals surface area contributed by atoms with Crippen LogP contribution in [0.5, 0.6) is 5.75 Å². The molecule has 2 aromatic carbocycles. The third kappa shape index (κ3) is 3.35. The van der Waals surface area contributed by atoms with Crippen molar-refractivity contribution in [3.8, 4) is 5.75 Å². The van der Waals surface area contributed by atoms with Crippen LogP contribution in [0.4, 0.5) is 4.39 Å². The van der Waals surface area contributed by atoms with Crippen LogP contribution in [0.3, 0.4) is 0 Å². The van der Waals surface area contributed by atoms with Crippen LogP contribution in [0.25, 0.3) is 0 Å². The molecule has 4 rings (SSSR count). The fourth-order valence-electron chi connectivity index (χ4n) is 5.03. The summed E-state index contributed by atoms with van der Waals surface area (Å²) >= 11 is 0. The number of methoxy groups -OCH3 is 1. The van der Waals surface area contributed by atoms with Crippen LogP contribution in [0.15, 0.2) is 42.5 Å². The molecule has 1 heterocycles. The van der Waals surface area contributed by atoms with E-state index < -0.39 is 0 Å². The number of benzene rings is 2. The van der Waals surface area contributed by atoms with E-state index in [1.54, 1.807) is 13.2 Å². The summed E-state index contributed by atoms with van der Waals surface area (Å²) in [6, 6.07) is 14.1. The number of hydrogen-bond acceptors (Lipinski definition) is 2. The van der Waals surface area contributed by atoms with Gasteiger partial charge in [0.1, 0.15) is 11.6 Å². The fourth-order valence-corrected chi connectivity index (χ4v) is 5.03. The normalized spacial score (nSPS) is 24.5. The molecule has 0 amide bonds. The van der Waals surface area contributed by atoms with Crippen LogP contribution in [-0.2, 0) is 12.8 Å². The van der Waals surface area contributed by atoms with Gasteiger partial charge in [0, 0.05) is 18.5 Å². The molecule has 1 aliphatic heterocycles. The molecular weight excluding hydrogens is 349 g/mol. The number of ether oxygens (including phenoxy) is 1. The van der Waals surface area contributed by atoms with Gasteiger partial charge in [0.25, 0.3) is 0 Å². The highest BCUT2D eigenvalue weighted by atomic mass is 35.5. The topological polar surface area (TPSA) is 12.5 Å². The van der Waals surface area contributed by atoms with E-state index in [2.05, 4.69) is 36.1 Å². The lowest BCUT2D eigenvalue weighted by molar-refractivity contribution is 0.227. The Kier molecular flexibility index (Phi) is 5.89. The van der Waals surface area contributed by atoms with Crippen molar-refractivity contribution in [3.05, 3.63) is 65.0 Å². The molecule has 0 aromatic heterocycles. The average molecular weight is 376 g/mol. The van der Waals surface area contributed by atoms with E-state index in [9.17, 15) is 4.39 Å². The molecule has 0 saturated carbocycles. The second-order valence-corrected chi connectivity index (χ2v) is 7.33. The molecule has 0 bridgehead atoms. The zero-order valence-electron chi connectivity index (χ0n) is 15.5. The van der Waals surface area contributed by atoms with Gasteiger partial charge in [-0.1, -0.05) is 31.2 Å². The number of likely N-dealkylation sites (N-methyl/N-ethyl adjacent to an activating group) is 1. The molecule has 0 radical (unpaired) electrons. The molecule has 0 N–H and O–H groups in total. The van der Waals surface area contributed by atoms with Gasteiger partial charge in [-0.05, 0) is 66.6 Å². The van der Waals surface area contributed by atoms with Crippen molar-refractivity contribution in [3.63, 3.8) is 0 Å². The monoisotopic (exact) mass is 375 g/mol. The molecule has 1 saturated heterocycles. The Bertz CT molecular complexity index is 766. The van der Waals surface area contributed by atoms with Gasteiger partial charge < -0.3 is 4.74 Å². The summed E-state index contributed by atoms with van der Waals surface area (Å²) in [6.45, 7) is 4.38. The number of nitrogens with zero attached hydrogens (tertiary/aromatic N) is 1. The third-order valence-electron chi connectivity index (χ3n) is 6.17. The average Bonchev–Trinajstić information content (AvgIpc) is 2.99. The Balaban J connectivity index is 0.00000196. The minimum absolute atomic E-state index is 0. The van der Waals surface area contributed by atoms with E-state index in [1.807, 2.05) is 6.07 Å². The zero-order valence-corrected chi connectivity index (χ0v) is 16.3. The molecular formula is C22H27ClFNO. The van der Waals surface area contributed by atoms with E-state index >= 15 is 0 Å². The van der Waals surface area contributed by atoms with Crippen molar-refractivity contribution >= 4 is 12.4 Å². The standard InChI is InChI=1S/C22H26FNO.ClH/c1-3-24-14-20-17-8-5-9-22(25-2)19(17)11-10-18(20)21(24)13-15-6-4-7-16(23)12-15;/h4-9,12,18,20-21H,3,10-11,13-14H2,1-2H3;1H/t18?,20-,21-;/m1./s1. The van der Waals surface area contributed by atoms with Crippen LogP contribution >= 0.6 is 12.4 Å². The van der Waals surface area contributed by atoms with E-state index in [1.165, 1.54) is 23.6 Å². The molecule has 2 nitrogen and oxygen atoms in total. The fraction of sp³-hybridized carbons (Fsp3) is 0.455. The molecule has 4 heteroatoms. The van der Waals surface area contributed by atoms with Gasteiger partial charge in [0.2, 0.25) is 0 Å². The first-order chi connectivity index (χ1) is 12.2. The van der Waals surface area contributed by atoms with Crippen LogP contribution < -0.4 is 4.74 Å². The summed E-state index contributed by atoms with van der Waals surface area (Å²) in [5.41, 5.74) is 3.98. The maximum absolute atomic E-state index is 13.6. The van der Waals surface area contributed by atoms with Gasteiger partial charge in [0.15, 0.2) is 0 Å². The number of fused-ring (bicyclic) bond motifs is 3. The van der Waals surface area contributed by atoms with E-state index in [0.717, 1.165) is 37.2 Å². The molecule has 2 aromatic rings. The lowest BCUT2D eigenvalue weighted by Crippen LogP contribution is -2.35. The molecule has 0 spiro atoms. The molecule has 2 aliphatic rings. The van der Waals surface area contributed by atoms with Crippen molar-refractivity contribution in [1.82, 2.24) is 4.90 Å². The Morgan fingerprint density at radius 2 is 2.00 bits per heavy atom. The predicted octanol–water partition coefficient (Wildman–Crippen LogP) is 4.85. The van der Waals surface area contributed by atoms with Crippen molar-refractivity contribution in [2.45, 2.75) is 38.1 Å². The van der Waals surface area contributed by atoms with E-state index in [4.69, 9.17) is 4.74 Å².